The Morgan fingerprint density at radius 2 is 1.95 bits per heavy atom. The Labute approximate surface area is 122 Å². The van der Waals surface area contributed by atoms with Crippen LogP contribution in [0.1, 0.15) is 24.1 Å². The lowest BCUT2D eigenvalue weighted by molar-refractivity contribution is 0.628. The van der Waals surface area contributed by atoms with E-state index in [1.165, 1.54) is 12.1 Å². The quantitative estimate of drug-likeness (QED) is 0.914. The molecule has 20 heavy (non-hydrogen) atoms. The van der Waals surface area contributed by atoms with Gasteiger partial charge in [-0.15, -0.1) is 0 Å². The second-order valence-electron chi connectivity index (χ2n) is 4.59. The van der Waals surface area contributed by atoms with Crippen LogP contribution in [0.3, 0.4) is 0 Å². The summed E-state index contributed by atoms with van der Waals surface area (Å²) in [6, 6.07) is 11.9. The Morgan fingerprint density at radius 3 is 2.55 bits per heavy atom. The molecular formula is C16H14ClFN2. The molecule has 0 saturated carbocycles. The molecule has 0 aliphatic heterocycles. The largest absolute Gasteiger partial charge is 0.313 e. The minimum atomic E-state index is -0.428. The van der Waals surface area contributed by atoms with Crippen LogP contribution in [-0.2, 0) is 0 Å². The van der Waals surface area contributed by atoms with Crippen LogP contribution >= 0.6 is 11.6 Å². The molecule has 0 aromatic heterocycles. The van der Waals surface area contributed by atoms with Gasteiger partial charge in [0.2, 0.25) is 0 Å². The van der Waals surface area contributed by atoms with E-state index >= 15 is 0 Å². The molecule has 0 saturated heterocycles. The minimum Gasteiger partial charge on any atom is -0.313 e. The van der Waals surface area contributed by atoms with E-state index in [1.54, 1.807) is 12.1 Å². The average molecular weight is 289 g/mol. The maximum Gasteiger partial charge on any atom is 0.125 e. The van der Waals surface area contributed by atoms with Gasteiger partial charge in [-0.2, -0.15) is 5.26 Å². The summed E-state index contributed by atoms with van der Waals surface area (Å²) >= 11 is 6.27. The summed E-state index contributed by atoms with van der Waals surface area (Å²) in [6.45, 7) is 2.01. The maximum absolute atomic E-state index is 13.5. The Balaban J connectivity index is 2.47. The Kier molecular flexibility index (Phi) is 4.39. The summed E-state index contributed by atoms with van der Waals surface area (Å²) < 4.78 is 13.5. The lowest BCUT2D eigenvalue weighted by Gasteiger charge is -2.14. The van der Waals surface area contributed by atoms with E-state index < -0.39 is 5.82 Å². The van der Waals surface area contributed by atoms with Gasteiger partial charge in [0.05, 0.1) is 11.6 Å². The highest BCUT2D eigenvalue weighted by Gasteiger charge is 2.10. The molecule has 2 aromatic rings. The van der Waals surface area contributed by atoms with Crippen molar-refractivity contribution in [2.24, 2.45) is 0 Å². The first-order valence-electron chi connectivity index (χ1n) is 6.23. The average Bonchev–Trinajstić information content (AvgIpc) is 2.45. The van der Waals surface area contributed by atoms with Crippen molar-refractivity contribution >= 4 is 11.6 Å². The van der Waals surface area contributed by atoms with E-state index in [1.807, 2.05) is 32.2 Å². The Bertz CT molecular complexity index is 677. The van der Waals surface area contributed by atoms with Crippen molar-refractivity contribution in [2.75, 3.05) is 7.05 Å². The molecule has 2 aromatic carbocycles. The number of nitrogens with zero attached hydrogens (tertiary/aromatic N) is 1. The first-order valence-corrected chi connectivity index (χ1v) is 6.60. The summed E-state index contributed by atoms with van der Waals surface area (Å²) in [7, 11) is 1.86. The van der Waals surface area contributed by atoms with E-state index in [0.717, 1.165) is 11.1 Å². The zero-order valence-corrected chi connectivity index (χ0v) is 12.0. The second-order valence-corrected chi connectivity index (χ2v) is 4.99. The fraction of sp³-hybridized carbons (Fsp3) is 0.188. The van der Waals surface area contributed by atoms with Gasteiger partial charge in [0.15, 0.2) is 0 Å². The van der Waals surface area contributed by atoms with Gasteiger partial charge in [0, 0.05) is 11.1 Å². The van der Waals surface area contributed by atoms with E-state index in [9.17, 15) is 4.39 Å². The van der Waals surface area contributed by atoms with Crippen LogP contribution in [0.15, 0.2) is 36.4 Å². The van der Waals surface area contributed by atoms with Crippen LogP contribution in [0.25, 0.3) is 11.1 Å². The number of halogens is 2. The molecule has 0 fully saturated rings. The van der Waals surface area contributed by atoms with Gasteiger partial charge in [0.1, 0.15) is 5.82 Å². The summed E-state index contributed by atoms with van der Waals surface area (Å²) in [4.78, 5) is 0. The monoisotopic (exact) mass is 288 g/mol. The fourth-order valence-electron chi connectivity index (χ4n) is 2.03. The zero-order valence-electron chi connectivity index (χ0n) is 11.2. The molecular weight excluding hydrogens is 275 g/mol. The summed E-state index contributed by atoms with van der Waals surface area (Å²) in [5.74, 6) is -0.428. The van der Waals surface area contributed by atoms with E-state index in [-0.39, 0.29) is 6.04 Å². The van der Waals surface area contributed by atoms with Crippen LogP contribution in [0.5, 0.6) is 0 Å². The van der Waals surface area contributed by atoms with Gasteiger partial charge >= 0.3 is 0 Å². The van der Waals surface area contributed by atoms with Crippen molar-refractivity contribution in [1.29, 1.82) is 5.26 Å². The molecule has 4 heteroatoms. The van der Waals surface area contributed by atoms with Crippen molar-refractivity contribution in [3.05, 3.63) is 58.4 Å². The molecule has 0 spiro atoms. The first kappa shape index (κ1) is 14.5. The molecule has 1 N–H and O–H groups in total. The molecule has 1 unspecified atom stereocenters. The van der Waals surface area contributed by atoms with Crippen molar-refractivity contribution in [1.82, 2.24) is 5.32 Å². The van der Waals surface area contributed by atoms with Crippen molar-refractivity contribution in [3.63, 3.8) is 0 Å². The molecule has 0 heterocycles. The molecule has 0 amide bonds. The molecule has 0 bridgehead atoms. The van der Waals surface area contributed by atoms with E-state index in [2.05, 4.69) is 5.32 Å². The fourth-order valence-corrected chi connectivity index (χ4v) is 2.38. The predicted molar refractivity (Wildman–Crippen MR) is 79.0 cm³/mol. The van der Waals surface area contributed by atoms with Crippen LogP contribution in [0.2, 0.25) is 5.02 Å². The van der Waals surface area contributed by atoms with Gasteiger partial charge in [0.25, 0.3) is 0 Å². The SMILES string of the molecule is CNC(C)c1ccc(-c2cc(F)cc(C#N)c2)cc1Cl. The van der Waals surface area contributed by atoms with Crippen LogP contribution in [-0.4, -0.2) is 7.05 Å². The molecule has 0 aliphatic rings. The minimum absolute atomic E-state index is 0.138. The third kappa shape index (κ3) is 2.98. The second kappa shape index (κ2) is 6.04. The third-order valence-electron chi connectivity index (χ3n) is 3.26. The highest BCUT2D eigenvalue weighted by atomic mass is 35.5. The van der Waals surface area contributed by atoms with Gasteiger partial charge < -0.3 is 5.32 Å². The predicted octanol–water partition coefficient (Wildman–Crippen LogP) is 4.30. The standard InChI is InChI=1S/C16H14ClFN2/c1-10(20-2)15-4-3-12(8-16(15)17)13-5-11(9-19)6-14(18)7-13/h3-8,10,20H,1-2H3. The van der Waals surface area contributed by atoms with Crippen LogP contribution in [0.4, 0.5) is 4.39 Å². The third-order valence-corrected chi connectivity index (χ3v) is 3.59. The normalized spacial score (nSPS) is 11.9. The molecule has 0 aliphatic carbocycles. The van der Waals surface area contributed by atoms with Crippen LogP contribution in [0, 0.1) is 17.1 Å². The lowest BCUT2D eigenvalue weighted by Crippen LogP contribution is -2.12. The lowest BCUT2D eigenvalue weighted by atomic mass is 10.00. The van der Waals surface area contributed by atoms with Gasteiger partial charge in [-0.3, -0.25) is 0 Å². The van der Waals surface area contributed by atoms with Crippen molar-refractivity contribution in [3.8, 4) is 17.2 Å². The van der Waals surface area contributed by atoms with Gasteiger partial charge in [-0.05, 0) is 54.9 Å². The first-order chi connectivity index (χ1) is 9.55. The molecule has 2 rings (SSSR count). The van der Waals surface area contributed by atoms with Gasteiger partial charge in [-0.1, -0.05) is 23.7 Å². The summed E-state index contributed by atoms with van der Waals surface area (Å²) in [6.07, 6.45) is 0. The summed E-state index contributed by atoms with van der Waals surface area (Å²) in [5.41, 5.74) is 2.71. The smallest absolute Gasteiger partial charge is 0.125 e. The Hall–Kier alpha value is -1.89. The number of hydrogen-bond acceptors (Lipinski definition) is 2. The zero-order chi connectivity index (χ0) is 14.7. The molecule has 1 atom stereocenters. The number of nitrogens with one attached hydrogen (secondary N) is 1. The van der Waals surface area contributed by atoms with Gasteiger partial charge in [-0.25, -0.2) is 4.39 Å². The number of rotatable bonds is 3. The van der Waals surface area contributed by atoms with Crippen LogP contribution < -0.4 is 5.32 Å². The number of benzene rings is 2. The maximum atomic E-state index is 13.5. The number of nitriles is 1. The topological polar surface area (TPSA) is 35.8 Å². The highest BCUT2D eigenvalue weighted by Crippen LogP contribution is 2.29. The van der Waals surface area contributed by atoms with E-state index in [0.29, 0.717) is 16.1 Å². The molecule has 102 valence electrons. The molecule has 2 nitrogen and oxygen atoms in total. The highest BCUT2D eigenvalue weighted by molar-refractivity contribution is 6.31. The molecule has 0 radical (unpaired) electrons. The van der Waals surface area contributed by atoms with E-state index in [4.69, 9.17) is 16.9 Å². The summed E-state index contributed by atoms with van der Waals surface area (Å²) in [5, 5.41) is 12.6. The Morgan fingerprint density at radius 1 is 1.20 bits per heavy atom. The van der Waals surface area contributed by atoms with Crippen molar-refractivity contribution in [2.45, 2.75) is 13.0 Å². The number of hydrogen-bond donors (Lipinski definition) is 1. The van der Waals surface area contributed by atoms with Crippen molar-refractivity contribution < 1.29 is 4.39 Å².